The highest BCUT2D eigenvalue weighted by Gasteiger charge is 2.26. The minimum atomic E-state index is -0.677. The number of pyridine rings is 1. The van der Waals surface area contributed by atoms with Crippen molar-refractivity contribution in [1.29, 1.82) is 0 Å². The van der Waals surface area contributed by atoms with Crippen molar-refractivity contribution in [3.05, 3.63) is 18.3 Å². The molecule has 0 saturated carbocycles. The van der Waals surface area contributed by atoms with Crippen LogP contribution in [0.5, 0.6) is 5.75 Å². The molecule has 1 aromatic rings. The predicted molar refractivity (Wildman–Crippen MR) is 57.4 cm³/mol. The van der Waals surface area contributed by atoms with Gasteiger partial charge in [-0.2, -0.15) is 0 Å². The van der Waals surface area contributed by atoms with Crippen molar-refractivity contribution < 1.29 is 9.90 Å². The Labute approximate surface area is 88.3 Å². The van der Waals surface area contributed by atoms with E-state index in [9.17, 15) is 9.90 Å². The fourth-order valence-electron chi connectivity index (χ4n) is 0.863. The Morgan fingerprint density at radius 1 is 1.67 bits per heavy atom. The zero-order valence-corrected chi connectivity index (χ0v) is 8.82. The molecule has 0 aliphatic heterocycles. The summed E-state index contributed by atoms with van der Waals surface area (Å²) in [6.45, 7) is 3.68. The largest absolute Gasteiger partial charge is 0.504 e. The standard InChI is InChI=1S/C10H15N3O2/c1-10(2,6-11)9(15)13-8-7(14)4-3-5-12-8/h3-5,14H,6,11H2,1-2H3,(H,12,13,15). The number of hydrogen-bond donors (Lipinski definition) is 3. The number of carbonyl (C=O) groups is 1. The second-order valence-corrected chi connectivity index (χ2v) is 3.91. The summed E-state index contributed by atoms with van der Waals surface area (Å²) in [5.41, 5.74) is 4.78. The van der Waals surface area contributed by atoms with Crippen LogP contribution in [0.4, 0.5) is 5.82 Å². The smallest absolute Gasteiger partial charge is 0.232 e. The van der Waals surface area contributed by atoms with E-state index in [-0.39, 0.29) is 24.0 Å². The molecule has 0 fully saturated rings. The Bertz CT molecular complexity index is 363. The lowest BCUT2D eigenvalue weighted by molar-refractivity contribution is -0.123. The van der Waals surface area contributed by atoms with Crippen LogP contribution in [0.2, 0.25) is 0 Å². The lowest BCUT2D eigenvalue weighted by Crippen LogP contribution is -2.37. The Morgan fingerprint density at radius 3 is 2.87 bits per heavy atom. The topological polar surface area (TPSA) is 88.2 Å². The van der Waals surface area contributed by atoms with Gasteiger partial charge in [0.2, 0.25) is 5.91 Å². The number of nitrogens with two attached hydrogens (primary N) is 1. The van der Waals surface area contributed by atoms with Crippen LogP contribution in [0.25, 0.3) is 0 Å². The first kappa shape index (κ1) is 11.5. The highest BCUT2D eigenvalue weighted by atomic mass is 16.3. The molecule has 82 valence electrons. The number of amides is 1. The fourth-order valence-corrected chi connectivity index (χ4v) is 0.863. The van der Waals surface area contributed by atoms with E-state index in [2.05, 4.69) is 10.3 Å². The molecule has 4 N–H and O–H groups in total. The van der Waals surface area contributed by atoms with Crippen molar-refractivity contribution in [3.63, 3.8) is 0 Å². The maximum absolute atomic E-state index is 11.7. The minimum absolute atomic E-state index is 0.0568. The summed E-state index contributed by atoms with van der Waals surface area (Å²) in [5.74, 6) is -0.165. The van der Waals surface area contributed by atoms with Crippen molar-refractivity contribution >= 4 is 11.7 Å². The maximum atomic E-state index is 11.7. The summed E-state index contributed by atoms with van der Waals surface area (Å²) < 4.78 is 0. The number of nitrogens with zero attached hydrogens (tertiary/aromatic N) is 1. The van der Waals surface area contributed by atoms with Gasteiger partial charge in [-0.25, -0.2) is 4.98 Å². The third-order valence-electron chi connectivity index (χ3n) is 2.14. The second kappa shape index (κ2) is 4.27. The molecule has 0 radical (unpaired) electrons. The monoisotopic (exact) mass is 209 g/mol. The Kier molecular flexibility index (Phi) is 3.26. The van der Waals surface area contributed by atoms with E-state index >= 15 is 0 Å². The van der Waals surface area contributed by atoms with Crippen molar-refractivity contribution in [2.75, 3.05) is 11.9 Å². The van der Waals surface area contributed by atoms with Crippen LogP contribution in [-0.2, 0) is 4.79 Å². The van der Waals surface area contributed by atoms with Crippen LogP contribution in [0.1, 0.15) is 13.8 Å². The molecule has 0 aliphatic carbocycles. The average molecular weight is 209 g/mol. The lowest BCUT2D eigenvalue weighted by atomic mass is 9.93. The summed E-state index contributed by atoms with van der Waals surface area (Å²) in [6.07, 6.45) is 1.49. The van der Waals surface area contributed by atoms with E-state index in [1.54, 1.807) is 19.9 Å². The molecule has 1 rings (SSSR count). The number of anilines is 1. The van der Waals surface area contributed by atoms with Gasteiger partial charge < -0.3 is 16.2 Å². The molecule has 0 aliphatic rings. The summed E-state index contributed by atoms with van der Waals surface area (Å²) in [5, 5.41) is 11.9. The lowest BCUT2D eigenvalue weighted by Gasteiger charge is -2.20. The van der Waals surface area contributed by atoms with Gasteiger partial charge in [-0.05, 0) is 26.0 Å². The number of aromatic nitrogens is 1. The first-order valence-electron chi connectivity index (χ1n) is 4.63. The summed E-state index contributed by atoms with van der Waals surface area (Å²) >= 11 is 0. The molecule has 1 heterocycles. The molecule has 0 unspecified atom stereocenters. The van der Waals surface area contributed by atoms with Crippen molar-refractivity contribution in [1.82, 2.24) is 4.98 Å². The summed E-state index contributed by atoms with van der Waals surface area (Å²) in [6, 6.07) is 3.04. The molecular formula is C10H15N3O2. The molecule has 5 heteroatoms. The van der Waals surface area contributed by atoms with Crippen LogP contribution >= 0.6 is 0 Å². The van der Waals surface area contributed by atoms with E-state index < -0.39 is 5.41 Å². The maximum Gasteiger partial charge on any atom is 0.232 e. The second-order valence-electron chi connectivity index (χ2n) is 3.91. The van der Waals surface area contributed by atoms with Gasteiger partial charge in [0.05, 0.1) is 5.41 Å². The third kappa shape index (κ3) is 2.66. The molecule has 0 bridgehead atoms. The van der Waals surface area contributed by atoms with Gasteiger partial charge in [0.1, 0.15) is 0 Å². The van der Waals surface area contributed by atoms with E-state index in [0.29, 0.717) is 0 Å². The molecule has 0 aromatic carbocycles. The molecule has 0 spiro atoms. The van der Waals surface area contributed by atoms with Gasteiger partial charge in [0.25, 0.3) is 0 Å². The van der Waals surface area contributed by atoms with Gasteiger partial charge in [-0.15, -0.1) is 0 Å². The number of carbonyl (C=O) groups excluding carboxylic acids is 1. The van der Waals surface area contributed by atoms with Crippen molar-refractivity contribution in [2.45, 2.75) is 13.8 Å². The molecule has 0 atom stereocenters. The van der Waals surface area contributed by atoms with Crippen LogP contribution in [0, 0.1) is 5.41 Å². The number of hydrogen-bond acceptors (Lipinski definition) is 4. The van der Waals surface area contributed by atoms with Gasteiger partial charge in [-0.1, -0.05) is 0 Å². The van der Waals surface area contributed by atoms with Gasteiger partial charge in [0, 0.05) is 12.7 Å². The van der Waals surface area contributed by atoms with Crippen LogP contribution in [0.15, 0.2) is 18.3 Å². The van der Waals surface area contributed by atoms with Gasteiger partial charge in [0.15, 0.2) is 11.6 Å². The fraction of sp³-hybridized carbons (Fsp3) is 0.400. The molecule has 15 heavy (non-hydrogen) atoms. The first-order valence-corrected chi connectivity index (χ1v) is 4.63. The van der Waals surface area contributed by atoms with Crippen LogP contribution in [0.3, 0.4) is 0 Å². The molecule has 1 aromatic heterocycles. The van der Waals surface area contributed by atoms with E-state index in [1.165, 1.54) is 12.3 Å². The minimum Gasteiger partial charge on any atom is -0.504 e. The van der Waals surface area contributed by atoms with E-state index in [4.69, 9.17) is 5.73 Å². The Morgan fingerprint density at radius 2 is 2.33 bits per heavy atom. The first-order chi connectivity index (χ1) is 6.97. The highest BCUT2D eigenvalue weighted by molar-refractivity contribution is 5.95. The van der Waals surface area contributed by atoms with Crippen molar-refractivity contribution in [3.8, 4) is 5.75 Å². The predicted octanol–water partition coefficient (Wildman–Crippen LogP) is 0.711. The quantitative estimate of drug-likeness (QED) is 0.684. The number of aromatic hydroxyl groups is 1. The molecule has 0 saturated heterocycles. The number of nitrogens with one attached hydrogen (secondary N) is 1. The van der Waals surface area contributed by atoms with Crippen LogP contribution in [-0.4, -0.2) is 22.5 Å². The van der Waals surface area contributed by atoms with E-state index in [1.807, 2.05) is 0 Å². The SMILES string of the molecule is CC(C)(CN)C(=O)Nc1ncccc1O. The highest BCUT2D eigenvalue weighted by Crippen LogP contribution is 2.21. The zero-order valence-electron chi connectivity index (χ0n) is 8.82. The van der Waals surface area contributed by atoms with Gasteiger partial charge >= 0.3 is 0 Å². The van der Waals surface area contributed by atoms with E-state index in [0.717, 1.165) is 0 Å². The summed E-state index contributed by atoms with van der Waals surface area (Å²) in [7, 11) is 0. The molecule has 1 amide bonds. The summed E-state index contributed by atoms with van der Waals surface area (Å²) in [4.78, 5) is 15.5. The average Bonchev–Trinajstić information content (AvgIpc) is 2.21. The Balaban J connectivity index is 2.80. The van der Waals surface area contributed by atoms with Crippen LogP contribution < -0.4 is 11.1 Å². The zero-order chi connectivity index (χ0) is 11.5. The molecular weight excluding hydrogens is 194 g/mol. The van der Waals surface area contributed by atoms with Gasteiger partial charge in [-0.3, -0.25) is 4.79 Å². The molecule has 5 nitrogen and oxygen atoms in total. The van der Waals surface area contributed by atoms with Crippen molar-refractivity contribution in [2.24, 2.45) is 11.1 Å². The number of rotatable bonds is 3. The third-order valence-corrected chi connectivity index (χ3v) is 2.14. The Hall–Kier alpha value is -1.62. The normalized spacial score (nSPS) is 11.1.